The lowest BCUT2D eigenvalue weighted by Gasteiger charge is -2.13. The van der Waals surface area contributed by atoms with Crippen LogP contribution < -0.4 is 0 Å². The fourth-order valence-corrected chi connectivity index (χ4v) is 2.77. The second kappa shape index (κ2) is 6.00. The highest BCUT2D eigenvalue weighted by molar-refractivity contribution is 9.12. The van der Waals surface area contributed by atoms with Gasteiger partial charge in [-0.25, -0.2) is 8.78 Å². The van der Waals surface area contributed by atoms with Crippen LogP contribution in [-0.2, 0) is 0 Å². The van der Waals surface area contributed by atoms with E-state index in [0.29, 0.717) is 27.8 Å². The van der Waals surface area contributed by atoms with E-state index >= 15 is 0 Å². The molecule has 0 aromatic rings. The van der Waals surface area contributed by atoms with Crippen molar-refractivity contribution >= 4 is 15.9 Å². The zero-order chi connectivity index (χ0) is 13.1. The Bertz CT molecular complexity index is 364. The molecule has 0 nitrogen and oxygen atoms in total. The maximum atomic E-state index is 13.6. The molecule has 0 aromatic carbocycles. The van der Waals surface area contributed by atoms with Crippen LogP contribution in [0.5, 0.6) is 0 Å². The molecule has 0 radical (unpaired) electrons. The average molecular weight is 305 g/mol. The van der Waals surface area contributed by atoms with Crippen LogP contribution in [0.2, 0.25) is 0 Å². The maximum absolute atomic E-state index is 13.6. The molecule has 96 valence electrons. The monoisotopic (exact) mass is 304 g/mol. The molecule has 1 aliphatic rings. The fraction of sp³-hybridized carbons (Fsp3) is 0.714. The van der Waals surface area contributed by atoms with Gasteiger partial charge >= 0.3 is 0 Å². The van der Waals surface area contributed by atoms with E-state index in [-0.39, 0.29) is 0 Å². The molecule has 0 spiro atoms. The zero-order valence-corrected chi connectivity index (χ0v) is 12.2. The first-order valence-corrected chi connectivity index (χ1v) is 6.79. The van der Waals surface area contributed by atoms with Crippen molar-refractivity contribution in [1.82, 2.24) is 0 Å². The number of alkyl halides is 2. The lowest BCUT2D eigenvalue weighted by atomic mass is 9.96. The summed E-state index contributed by atoms with van der Waals surface area (Å²) in [5.74, 6) is 5.96. The summed E-state index contributed by atoms with van der Waals surface area (Å²) in [5, 5.41) is 0. The molecule has 1 aliphatic carbocycles. The first-order chi connectivity index (χ1) is 7.98. The van der Waals surface area contributed by atoms with Crippen LogP contribution in [0.1, 0.15) is 40.0 Å². The predicted octanol–water partition coefficient (Wildman–Crippen LogP) is 4.79. The highest BCUT2D eigenvalue weighted by Crippen LogP contribution is 2.58. The first kappa shape index (κ1) is 14.7. The number of hydrogen-bond donors (Lipinski definition) is 0. The van der Waals surface area contributed by atoms with Crippen LogP contribution in [0.25, 0.3) is 0 Å². The minimum atomic E-state index is -1.52. The molecule has 0 amide bonds. The number of hydrogen-bond acceptors (Lipinski definition) is 0. The highest BCUT2D eigenvalue weighted by atomic mass is 79.9. The summed E-state index contributed by atoms with van der Waals surface area (Å²) in [4.78, 5) is 0. The van der Waals surface area contributed by atoms with Gasteiger partial charge in [0.25, 0.3) is 0 Å². The Balaban J connectivity index is 2.79. The van der Waals surface area contributed by atoms with Crippen LogP contribution in [0.15, 0.2) is 10.1 Å². The third-order valence-electron chi connectivity index (χ3n) is 3.84. The standard InChI is InChI=1S/C14H19BrF2/c1-4-6-12(15)11(13(17)9-16)7-10-8-14(10,3)5-2/h10,13H,5,7-9H2,1-3H3/b12-11-/t10-,13+,14?/m0/s1. The number of allylic oxidation sites excluding steroid dienone is 2. The minimum Gasteiger partial charge on any atom is -0.248 e. The topological polar surface area (TPSA) is 0 Å². The second-order valence-corrected chi connectivity index (χ2v) is 5.74. The number of rotatable bonds is 5. The molecule has 0 saturated heterocycles. The van der Waals surface area contributed by atoms with Gasteiger partial charge in [-0.15, -0.1) is 5.92 Å². The molecule has 1 unspecified atom stereocenters. The molecule has 0 bridgehead atoms. The van der Waals surface area contributed by atoms with Gasteiger partial charge in [-0.05, 0) is 52.6 Å². The Hall–Kier alpha value is -0.360. The molecule has 1 fully saturated rings. The summed E-state index contributed by atoms with van der Waals surface area (Å²) >= 11 is 3.26. The summed E-state index contributed by atoms with van der Waals surface area (Å²) in [5.41, 5.74) is 0.804. The Kier molecular flexibility index (Phi) is 5.19. The zero-order valence-electron chi connectivity index (χ0n) is 10.6. The third-order valence-corrected chi connectivity index (χ3v) is 4.55. The van der Waals surface area contributed by atoms with Gasteiger partial charge in [-0.3, -0.25) is 0 Å². The maximum Gasteiger partial charge on any atom is 0.151 e. The molecule has 3 heteroatoms. The van der Waals surface area contributed by atoms with E-state index in [1.807, 2.05) is 0 Å². The van der Waals surface area contributed by atoms with Gasteiger partial charge in [-0.1, -0.05) is 26.2 Å². The normalized spacial score (nSPS) is 30.1. The van der Waals surface area contributed by atoms with Gasteiger partial charge in [0.1, 0.15) is 6.67 Å². The average Bonchev–Trinajstić information content (AvgIpc) is 2.97. The van der Waals surface area contributed by atoms with Crippen molar-refractivity contribution in [1.29, 1.82) is 0 Å². The Morgan fingerprint density at radius 3 is 2.65 bits per heavy atom. The fourth-order valence-electron chi connectivity index (χ4n) is 2.16. The van der Waals surface area contributed by atoms with Crippen LogP contribution in [0, 0.1) is 23.2 Å². The van der Waals surface area contributed by atoms with Crippen LogP contribution >= 0.6 is 15.9 Å². The van der Waals surface area contributed by atoms with Gasteiger partial charge in [0, 0.05) is 0 Å². The smallest absolute Gasteiger partial charge is 0.151 e. The van der Waals surface area contributed by atoms with E-state index in [2.05, 4.69) is 41.6 Å². The van der Waals surface area contributed by atoms with Gasteiger partial charge in [0.2, 0.25) is 0 Å². The summed E-state index contributed by atoms with van der Waals surface area (Å²) in [6, 6.07) is 0. The first-order valence-electron chi connectivity index (χ1n) is 5.99. The largest absolute Gasteiger partial charge is 0.248 e. The van der Waals surface area contributed by atoms with Crippen LogP contribution in [0.4, 0.5) is 8.78 Å². The van der Waals surface area contributed by atoms with E-state index in [4.69, 9.17) is 0 Å². The lowest BCUT2D eigenvalue weighted by Crippen LogP contribution is -2.10. The minimum absolute atomic E-state index is 0.314. The molecule has 3 atom stereocenters. The Labute approximate surface area is 111 Å². The predicted molar refractivity (Wildman–Crippen MR) is 71.4 cm³/mol. The molecule has 0 aliphatic heterocycles. The van der Waals surface area contributed by atoms with E-state index in [0.717, 1.165) is 12.8 Å². The summed E-state index contributed by atoms with van der Waals surface area (Å²) < 4.78 is 26.6. The van der Waals surface area contributed by atoms with Crippen LogP contribution in [0.3, 0.4) is 0 Å². The highest BCUT2D eigenvalue weighted by Gasteiger charge is 2.48. The summed E-state index contributed by atoms with van der Waals surface area (Å²) in [6.07, 6.45) is 1.29. The van der Waals surface area contributed by atoms with Crippen molar-refractivity contribution in [3.8, 4) is 11.8 Å². The second-order valence-electron chi connectivity index (χ2n) is 4.95. The molecule has 1 saturated carbocycles. The SMILES string of the molecule is CC#C/C(Br)=C(\C[C@H]1CC1(C)CC)[C@H](F)CF. The van der Waals surface area contributed by atoms with E-state index < -0.39 is 12.8 Å². The lowest BCUT2D eigenvalue weighted by molar-refractivity contribution is 0.287. The van der Waals surface area contributed by atoms with Crippen molar-refractivity contribution in [2.24, 2.45) is 11.3 Å². The van der Waals surface area contributed by atoms with E-state index in [9.17, 15) is 8.78 Å². The van der Waals surface area contributed by atoms with Crippen molar-refractivity contribution in [2.75, 3.05) is 6.67 Å². The quantitative estimate of drug-likeness (QED) is 0.640. The third kappa shape index (κ3) is 3.55. The summed E-state index contributed by atoms with van der Waals surface area (Å²) in [6.45, 7) is 5.07. The van der Waals surface area contributed by atoms with Crippen molar-refractivity contribution in [3.05, 3.63) is 10.1 Å². The number of halogens is 3. The van der Waals surface area contributed by atoms with Gasteiger partial charge < -0.3 is 0 Å². The Morgan fingerprint density at radius 2 is 2.24 bits per heavy atom. The molecule has 1 rings (SSSR count). The van der Waals surface area contributed by atoms with E-state index in [1.165, 1.54) is 0 Å². The van der Waals surface area contributed by atoms with Crippen molar-refractivity contribution in [2.45, 2.75) is 46.2 Å². The molecular formula is C14H19BrF2. The molecular weight excluding hydrogens is 286 g/mol. The molecule has 0 aromatic heterocycles. The summed E-state index contributed by atoms with van der Waals surface area (Å²) in [7, 11) is 0. The van der Waals surface area contributed by atoms with Crippen molar-refractivity contribution < 1.29 is 8.78 Å². The molecule has 17 heavy (non-hydrogen) atoms. The molecule has 0 heterocycles. The van der Waals surface area contributed by atoms with Gasteiger partial charge in [0.15, 0.2) is 6.17 Å². The van der Waals surface area contributed by atoms with E-state index in [1.54, 1.807) is 6.92 Å². The van der Waals surface area contributed by atoms with Gasteiger partial charge in [-0.2, -0.15) is 0 Å². The van der Waals surface area contributed by atoms with Crippen molar-refractivity contribution in [3.63, 3.8) is 0 Å². The van der Waals surface area contributed by atoms with Gasteiger partial charge in [0.05, 0.1) is 4.48 Å². The molecule has 0 N–H and O–H groups in total. The van der Waals surface area contributed by atoms with Crippen LogP contribution in [-0.4, -0.2) is 12.8 Å². The Morgan fingerprint density at radius 1 is 1.59 bits per heavy atom.